The van der Waals surface area contributed by atoms with Gasteiger partial charge in [-0.3, -0.25) is 10.1 Å². The summed E-state index contributed by atoms with van der Waals surface area (Å²) in [5.74, 6) is -0.0984. The number of benzene rings is 2. The van der Waals surface area contributed by atoms with E-state index in [-0.39, 0.29) is 30.3 Å². The zero-order valence-electron chi connectivity index (χ0n) is 18.2. The lowest BCUT2D eigenvalue weighted by Gasteiger charge is -2.18. The lowest BCUT2D eigenvalue weighted by Crippen LogP contribution is -2.30. The molecular formula is C22H24N2O7S. The van der Waals surface area contributed by atoms with Gasteiger partial charge < -0.3 is 9.15 Å². The van der Waals surface area contributed by atoms with Crippen LogP contribution in [-0.2, 0) is 16.6 Å². The molecule has 0 aliphatic rings. The second-order valence-corrected chi connectivity index (χ2v) is 9.18. The molecule has 3 rings (SSSR count). The highest BCUT2D eigenvalue weighted by Crippen LogP contribution is 2.32. The van der Waals surface area contributed by atoms with E-state index in [9.17, 15) is 23.3 Å². The van der Waals surface area contributed by atoms with E-state index in [2.05, 4.69) is 0 Å². The van der Waals surface area contributed by atoms with Crippen LogP contribution in [0.4, 0.5) is 5.69 Å². The van der Waals surface area contributed by atoms with Crippen LogP contribution >= 0.6 is 0 Å². The summed E-state index contributed by atoms with van der Waals surface area (Å²) in [5.41, 5.74) is 1.69. The minimum Gasteiger partial charge on any atom is -0.482 e. The molecule has 0 radical (unpaired) electrons. The summed E-state index contributed by atoms with van der Waals surface area (Å²) >= 11 is 0. The van der Waals surface area contributed by atoms with E-state index >= 15 is 0 Å². The molecule has 0 saturated heterocycles. The van der Waals surface area contributed by atoms with E-state index in [0.717, 1.165) is 17.2 Å². The molecule has 2 aromatic carbocycles. The highest BCUT2D eigenvalue weighted by Gasteiger charge is 2.26. The Hall–Kier alpha value is -3.24. The number of sulfonamides is 1. The smallest absolute Gasteiger partial charge is 0.336 e. The Morgan fingerprint density at radius 2 is 1.78 bits per heavy atom. The number of fused-ring (bicyclic) bond motifs is 1. The summed E-state index contributed by atoms with van der Waals surface area (Å²) in [4.78, 5) is 22.8. The van der Waals surface area contributed by atoms with E-state index in [0.29, 0.717) is 16.5 Å². The highest BCUT2D eigenvalue weighted by molar-refractivity contribution is 7.89. The molecule has 0 aliphatic carbocycles. The minimum absolute atomic E-state index is 0.0984. The van der Waals surface area contributed by atoms with Crippen LogP contribution < -0.4 is 10.4 Å². The number of hydrogen-bond acceptors (Lipinski definition) is 7. The molecule has 1 aromatic heterocycles. The predicted molar refractivity (Wildman–Crippen MR) is 119 cm³/mol. The average molecular weight is 461 g/mol. The van der Waals surface area contributed by atoms with Crippen molar-refractivity contribution in [3.05, 3.63) is 73.6 Å². The Bertz CT molecular complexity index is 1340. The van der Waals surface area contributed by atoms with Gasteiger partial charge in [0.2, 0.25) is 10.0 Å². The predicted octanol–water partition coefficient (Wildman–Crippen LogP) is 3.93. The molecule has 0 unspecified atom stereocenters. The zero-order chi connectivity index (χ0) is 23.6. The van der Waals surface area contributed by atoms with Gasteiger partial charge >= 0.3 is 11.3 Å². The van der Waals surface area contributed by atoms with E-state index in [1.807, 2.05) is 19.9 Å². The summed E-state index contributed by atoms with van der Waals surface area (Å²) in [6.45, 7) is 7.47. The van der Waals surface area contributed by atoms with Crippen molar-refractivity contribution in [2.24, 2.45) is 0 Å². The Kier molecular flexibility index (Phi) is 6.65. The van der Waals surface area contributed by atoms with E-state index in [4.69, 9.17) is 9.15 Å². The zero-order valence-corrected chi connectivity index (χ0v) is 19.1. The number of hydrogen-bond donors (Lipinski definition) is 0. The van der Waals surface area contributed by atoms with E-state index in [1.54, 1.807) is 19.9 Å². The van der Waals surface area contributed by atoms with Crippen LogP contribution in [-0.4, -0.2) is 30.7 Å². The number of ether oxygens (including phenoxy) is 1. The van der Waals surface area contributed by atoms with Crippen LogP contribution in [0, 0.1) is 24.0 Å². The maximum atomic E-state index is 12.7. The molecule has 10 heteroatoms. The number of aryl methyl sites for hydroxylation is 2. The highest BCUT2D eigenvalue weighted by atomic mass is 32.2. The molecule has 0 saturated carbocycles. The van der Waals surface area contributed by atoms with Crippen LogP contribution in [0.15, 0.2) is 50.5 Å². The van der Waals surface area contributed by atoms with Gasteiger partial charge in [0, 0.05) is 36.2 Å². The molecule has 0 amide bonds. The molecule has 3 aromatic rings. The molecule has 0 atom stereocenters. The van der Waals surface area contributed by atoms with Gasteiger partial charge in [0.05, 0.1) is 9.82 Å². The molecule has 170 valence electrons. The van der Waals surface area contributed by atoms with Crippen molar-refractivity contribution in [2.45, 2.75) is 39.2 Å². The van der Waals surface area contributed by atoms with Crippen molar-refractivity contribution in [2.75, 3.05) is 13.1 Å². The lowest BCUT2D eigenvalue weighted by molar-refractivity contribution is -0.386. The third-order valence-electron chi connectivity index (χ3n) is 5.37. The van der Waals surface area contributed by atoms with Gasteiger partial charge in [0.25, 0.3) is 0 Å². The summed E-state index contributed by atoms with van der Waals surface area (Å²) in [6, 6.07) is 8.50. The topological polar surface area (TPSA) is 120 Å². The summed E-state index contributed by atoms with van der Waals surface area (Å²) in [7, 11) is -3.86. The maximum absolute atomic E-state index is 12.7. The summed E-state index contributed by atoms with van der Waals surface area (Å²) < 4.78 is 37.7. The largest absolute Gasteiger partial charge is 0.482 e. The first-order valence-corrected chi connectivity index (χ1v) is 11.5. The van der Waals surface area contributed by atoms with Crippen molar-refractivity contribution in [1.29, 1.82) is 0 Å². The van der Waals surface area contributed by atoms with Crippen molar-refractivity contribution in [1.82, 2.24) is 4.31 Å². The van der Waals surface area contributed by atoms with Gasteiger partial charge in [0.15, 0.2) is 5.75 Å². The number of nitrogens with zero attached hydrogens (tertiary/aromatic N) is 2. The molecule has 0 fully saturated rings. The normalized spacial score (nSPS) is 11.8. The first kappa shape index (κ1) is 23.4. The van der Waals surface area contributed by atoms with Crippen molar-refractivity contribution in [3.63, 3.8) is 0 Å². The fourth-order valence-electron chi connectivity index (χ4n) is 3.43. The van der Waals surface area contributed by atoms with E-state index in [1.165, 1.54) is 22.5 Å². The maximum Gasteiger partial charge on any atom is 0.336 e. The summed E-state index contributed by atoms with van der Waals surface area (Å²) in [6.07, 6.45) is 0. The molecule has 9 nitrogen and oxygen atoms in total. The van der Waals surface area contributed by atoms with Crippen LogP contribution in [0.3, 0.4) is 0 Å². The molecule has 32 heavy (non-hydrogen) atoms. The molecule has 0 spiro atoms. The second-order valence-electron chi connectivity index (χ2n) is 7.24. The first-order valence-electron chi connectivity index (χ1n) is 10.0. The Morgan fingerprint density at radius 3 is 2.41 bits per heavy atom. The van der Waals surface area contributed by atoms with Gasteiger partial charge in [0.1, 0.15) is 12.2 Å². The number of nitro groups is 1. The van der Waals surface area contributed by atoms with Crippen LogP contribution in [0.25, 0.3) is 11.0 Å². The van der Waals surface area contributed by atoms with Crippen LogP contribution in [0.5, 0.6) is 5.75 Å². The lowest BCUT2D eigenvalue weighted by atomic mass is 10.0. The molecular weight excluding hydrogens is 436 g/mol. The number of nitro benzene ring substituents is 1. The fraction of sp³-hybridized carbons (Fsp3) is 0.318. The SMILES string of the molecule is CCN(CC)S(=O)(=O)c1ccc(OCc2cc(=O)oc3c(C)c(C)ccc23)c([N+](=O)[O-])c1. The Labute approximate surface area is 185 Å². The van der Waals surface area contributed by atoms with Crippen LogP contribution in [0.2, 0.25) is 0 Å². The molecule has 0 bridgehead atoms. The Morgan fingerprint density at radius 1 is 1.09 bits per heavy atom. The standard InChI is InChI=1S/C22H24N2O7S/c1-5-23(6-2)32(28,29)17-8-10-20(19(12-17)24(26)27)30-13-16-11-21(25)31-22-15(4)14(3)7-9-18(16)22/h7-12H,5-6,13H2,1-4H3. The van der Waals surface area contributed by atoms with Crippen molar-refractivity contribution in [3.8, 4) is 5.75 Å². The molecule has 0 aliphatic heterocycles. The van der Waals surface area contributed by atoms with E-state index < -0.39 is 26.3 Å². The first-order chi connectivity index (χ1) is 15.1. The third kappa shape index (κ3) is 4.37. The van der Waals surface area contributed by atoms with Crippen LogP contribution in [0.1, 0.15) is 30.5 Å². The summed E-state index contributed by atoms with van der Waals surface area (Å²) in [5, 5.41) is 12.3. The minimum atomic E-state index is -3.86. The molecule has 0 N–H and O–H groups in total. The van der Waals surface area contributed by atoms with Crippen molar-refractivity contribution < 1.29 is 22.5 Å². The molecule has 1 heterocycles. The fourth-order valence-corrected chi connectivity index (χ4v) is 4.91. The average Bonchev–Trinajstić information content (AvgIpc) is 2.75. The number of rotatable bonds is 8. The van der Waals surface area contributed by atoms with Crippen molar-refractivity contribution >= 4 is 26.7 Å². The van der Waals surface area contributed by atoms with Gasteiger partial charge in [-0.15, -0.1) is 0 Å². The van der Waals surface area contributed by atoms with Gasteiger partial charge in [-0.2, -0.15) is 4.31 Å². The van der Waals surface area contributed by atoms with Gasteiger partial charge in [-0.05, 0) is 37.1 Å². The quantitative estimate of drug-likeness (QED) is 0.284. The third-order valence-corrected chi connectivity index (χ3v) is 7.42. The monoisotopic (exact) mass is 460 g/mol. The second kappa shape index (κ2) is 9.09. The van der Waals surface area contributed by atoms with Gasteiger partial charge in [-0.1, -0.05) is 26.0 Å². The Balaban J connectivity index is 2.00. The van der Waals surface area contributed by atoms with Gasteiger partial charge in [-0.25, -0.2) is 13.2 Å².